The SMILES string of the molecule is Cc1cc(OCc2ccc(C(C)[C@]3(C)CC(=O)NC3=O)cc2)cc(C2CC2)n1.Cl. The molecule has 1 saturated carbocycles. The molecule has 4 rings (SSSR count). The monoisotopic (exact) mass is 414 g/mol. The molecule has 1 aromatic carbocycles. The van der Waals surface area contributed by atoms with Crippen molar-refractivity contribution in [3.05, 3.63) is 58.9 Å². The Morgan fingerprint density at radius 2 is 1.90 bits per heavy atom. The van der Waals surface area contributed by atoms with Gasteiger partial charge in [-0.1, -0.05) is 31.2 Å². The molecule has 154 valence electrons. The number of amides is 2. The van der Waals surface area contributed by atoms with Crippen LogP contribution in [0.15, 0.2) is 36.4 Å². The van der Waals surface area contributed by atoms with Gasteiger partial charge in [0.05, 0.1) is 5.41 Å². The molecule has 0 radical (unpaired) electrons. The number of hydrogen-bond acceptors (Lipinski definition) is 4. The van der Waals surface area contributed by atoms with Crippen molar-refractivity contribution in [1.29, 1.82) is 0 Å². The van der Waals surface area contributed by atoms with E-state index in [0.29, 0.717) is 12.5 Å². The molecule has 2 aliphatic rings. The largest absolute Gasteiger partial charge is 0.489 e. The number of hydrogen-bond donors (Lipinski definition) is 1. The van der Waals surface area contributed by atoms with Crippen LogP contribution in [0.25, 0.3) is 0 Å². The van der Waals surface area contributed by atoms with Crippen LogP contribution in [0.1, 0.15) is 67.5 Å². The second kappa shape index (κ2) is 8.15. The van der Waals surface area contributed by atoms with Gasteiger partial charge in [0.25, 0.3) is 0 Å². The van der Waals surface area contributed by atoms with Crippen LogP contribution in [0.3, 0.4) is 0 Å². The fourth-order valence-corrected chi connectivity index (χ4v) is 3.85. The number of nitrogens with one attached hydrogen (secondary N) is 1. The molecule has 29 heavy (non-hydrogen) atoms. The molecule has 1 N–H and O–H groups in total. The van der Waals surface area contributed by atoms with E-state index in [4.69, 9.17) is 4.74 Å². The van der Waals surface area contributed by atoms with Crippen LogP contribution in [-0.2, 0) is 16.2 Å². The summed E-state index contributed by atoms with van der Waals surface area (Å²) in [6.45, 7) is 6.35. The summed E-state index contributed by atoms with van der Waals surface area (Å²) in [6.07, 6.45) is 2.68. The Balaban J connectivity index is 0.00000240. The van der Waals surface area contributed by atoms with Crippen molar-refractivity contribution in [3.8, 4) is 5.75 Å². The predicted octanol–water partition coefficient (Wildman–Crippen LogP) is 4.42. The minimum atomic E-state index is -0.692. The summed E-state index contributed by atoms with van der Waals surface area (Å²) in [6, 6.07) is 12.1. The average molecular weight is 415 g/mol. The van der Waals surface area contributed by atoms with E-state index in [2.05, 4.69) is 16.4 Å². The first-order valence-corrected chi connectivity index (χ1v) is 9.89. The number of ether oxygens (including phenoxy) is 1. The van der Waals surface area contributed by atoms with Crippen molar-refractivity contribution in [2.75, 3.05) is 0 Å². The van der Waals surface area contributed by atoms with Crippen molar-refractivity contribution in [2.45, 2.75) is 58.5 Å². The van der Waals surface area contributed by atoms with Crippen LogP contribution in [0.5, 0.6) is 5.75 Å². The molecule has 5 nitrogen and oxygen atoms in total. The summed E-state index contributed by atoms with van der Waals surface area (Å²) in [7, 11) is 0. The molecule has 1 saturated heterocycles. The maximum Gasteiger partial charge on any atom is 0.233 e. The third-order valence-corrected chi connectivity index (χ3v) is 6.08. The highest BCUT2D eigenvalue weighted by Gasteiger charge is 2.46. The number of imide groups is 1. The highest BCUT2D eigenvalue weighted by Crippen LogP contribution is 2.42. The quantitative estimate of drug-likeness (QED) is 0.710. The van der Waals surface area contributed by atoms with Crippen LogP contribution in [-0.4, -0.2) is 16.8 Å². The third-order valence-electron chi connectivity index (χ3n) is 6.08. The van der Waals surface area contributed by atoms with Crippen LogP contribution in [0.4, 0.5) is 0 Å². The number of pyridine rings is 1. The predicted molar refractivity (Wildman–Crippen MR) is 113 cm³/mol. The first kappa shape index (κ1) is 21.3. The minimum Gasteiger partial charge on any atom is -0.489 e. The number of rotatable bonds is 6. The normalized spacial score (nSPS) is 22.0. The van der Waals surface area contributed by atoms with Crippen molar-refractivity contribution < 1.29 is 14.3 Å². The first-order chi connectivity index (χ1) is 13.3. The van der Waals surface area contributed by atoms with E-state index in [1.54, 1.807) is 0 Å². The maximum absolute atomic E-state index is 12.2. The molecule has 2 amide bonds. The van der Waals surface area contributed by atoms with E-state index >= 15 is 0 Å². The van der Waals surface area contributed by atoms with Crippen molar-refractivity contribution in [1.82, 2.24) is 10.3 Å². The highest BCUT2D eigenvalue weighted by molar-refractivity contribution is 6.06. The molecule has 2 aromatic rings. The van der Waals surface area contributed by atoms with Crippen LogP contribution in [0, 0.1) is 12.3 Å². The van der Waals surface area contributed by atoms with E-state index in [9.17, 15) is 9.59 Å². The zero-order valence-electron chi connectivity index (χ0n) is 17.0. The number of carbonyl (C=O) groups is 2. The summed E-state index contributed by atoms with van der Waals surface area (Å²) in [5.41, 5.74) is 3.54. The Morgan fingerprint density at radius 1 is 1.21 bits per heavy atom. The number of halogens is 1. The van der Waals surface area contributed by atoms with Crippen molar-refractivity contribution in [3.63, 3.8) is 0 Å². The molecular weight excluding hydrogens is 388 g/mol. The standard InChI is InChI=1S/C23H26N2O3.ClH/c1-14-10-19(11-20(24-14)18-8-9-18)28-13-16-4-6-17(7-5-16)15(2)23(3)12-21(26)25-22(23)27;/h4-7,10-11,15,18H,8-9,12-13H2,1-3H3,(H,25,26,27);1H/t15?,23-;/m0./s1. The molecule has 1 aromatic heterocycles. The zero-order chi connectivity index (χ0) is 19.9. The summed E-state index contributed by atoms with van der Waals surface area (Å²) < 4.78 is 5.99. The number of nitrogens with zero attached hydrogens (tertiary/aromatic N) is 1. The second-order valence-electron chi connectivity index (χ2n) is 8.37. The van der Waals surface area contributed by atoms with E-state index < -0.39 is 5.41 Å². The molecule has 0 spiro atoms. The fourth-order valence-electron chi connectivity index (χ4n) is 3.85. The first-order valence-electron chi connectivity index (χ1n) is 9.89. The summed E-state index contributed by atoms with van der Waals surface area (Å²) in [5.74, 6) is 1.04. The average Bonchev–Trinajstić information content (AvgIpc) is 3.47. The molecule has 1 aliphatic heterocycles. The lowest BCUT2D eigenvalue weighted by Crippen LogP contribution is -2.33. The van der Waals surface area contributed by atoms with Crippen LogP contribution >= 0.6 is 12.4 Å². The van der Waals surface area contributed by atoms with Crippen molar-refractivity contribution >= 4 is 24.2 Å². The Kier molecular flexibility index (Phi) is 5.99. The van der Waals surface area contributed by atoms with E-state index in [0.717, 1.165) is 28.3 Å². The van der Waals surface area contributed by atoms with Crippen LogP contribution in [0.2, 0.25) is 0 Å². The highest BCUT2D eigenvalue weighted by atomic mass is 35.5. The molecule has 2 heterocycles. The molecule has 2 atom stereocenters. The van der Waals surface area contributed by atoms with Gasteiger partial charge in [0.2, 0.25) is 11.8 Å². The van der Waals surface area contributed by atoms with Gasteiger partial charge in [-0.25, -0.2) is 0 Å². The Bertz CT molecular complexity index is 924. The van der Waals surface area contributed by atoms with E-state index in [1.807, 2.05) is 51.1 Å². The lowest BCUT2D eigenvalue weighted by atomic mass is 9.73. The molecule has 6 heteroatoms. The Labute approximate surface area is 177 Å². The molecule has 1 aliphatic carbocycles. The van der Waals surface area contributed by atoms with E-state index in [-0.39, 0.29) is 36.6 Å². The second-order valence-corrected chi connectivity index (χ2v) is 8.37. The maximum atomic E-state index is 12.2. The fraction of sp³-hybridized carbons (Fsp3) is 0.435. The van der Waals surface area contributed by atoms with Gasteiger partial charge in [-0.05, 0) is 43.7 Å². The summed E-state index contributed by atoms with van der Waals surface area (Å²) >= 11 is 0. The number of benzene rings is 1. The molecule has 0 bridgehead atoms. The number of aryl methyl sites for hydroxylation is 1. The van der Waals surface area contributed by atoms with Gasteiger partial charge in [0, 0.05) is 35.9 Å². The minimum absolute atomic E-state index is 0. The third kappa shape index (κ3) is 4.45. The van der Waals surface area contributed by atoms with Gasteiger partial charge in [0.1, 0.15) is 12.4 Å². The van der Waals surface area contributed by atoms with Gasteiger partial charge in [-0.2, -0.15) is 0 Å². The Morgan fingerprint density at radius 3 is 2.48 bits per heavy atom. The van der Waals surface area contributed by atoms with Gasteiger partial charge in [-0.15, -0.1) is 12.4 Å². The zero-order valence-corrected chi connectivity index (χ0v) is 17.8. The topological polar surface area (TPSA) is 68.3 Å². The van der Waals surface area contributed by atoms with Gasteiger partial charge < -0.3 is 4.74 Å². The molecule has 2 fully saturated rings. The number of carbonyl (C=O) groups excluding carboxylic acids is 2. The number of aromatic nitrogens is 1. The lowest BCUT2D eigenvalue weighted by Gasteiger charge is -2.28. The van der Waals surface area contributed by atoms with E-state index in [1.165, 1.54) is 12.8 Å². The summed E-state index contributed by atoms with van der Waals surface area (Å²) in [5, 5.41) is 2.43. The molecule has 1 unspecified atom stereocenters. The lowest BCUT2D eigenvalue weighted by molar-refractivity contribution is -0.128. The van der Waals surface area contributed by atoms with Gasteiger partial charge in [0.15, 0.2) is 0 Å². The molecular formula is C23H27ClN2O3. The van der Waals surface area contributed by atoms with Crippen molar-refractivity contribution in [2.24, 2.45) is 5.41 Å². The smallest absolute Gasteiger partial charge is 0.233 e. The Hall–Kier alpha value is -2.40. The van der Waals surface area contributed by atoms with Gasteiger partial charge in [-0.3, -0.25) is 19.9 Å². The van der Waals surface area contributed by atoms with Gasteiger partial charge >= 0.3 is 0 Å². The van der Waals surface area contributed by atoms with Crippen LogP contribution < -0.4 is 10.1 Å². The summed E-state index contributed by atoms with van der Waals surface area (Å²) in [4.78, 5) is 28.4.